The second-order valence-electron chi connectivity index (χ2n) is 4.26. The van der Waals surface area contributed by atoms with Gasteiger partial charge in [-0.15, -0.1) is 0 Å². The third-order valence-corrected chi connectivity index (χ3v) is 2.99. The maximum absolute atomic E-state index is 10.9. The van der Waals surface area contributed by atoms with E-state index in [1.54, 1.807) is 4.90 Å². The zero-order valence-corrected chi connectivity index (χ0v) is 10.2. The molecule has 1 N–H and O–H groups in total. The highest BCUT2D eigenvalue weighted by atomic mass is 16.6. The monoisotopic (exact) mass is 266 g/mol. The molecular weight excluding hydrogens is 252 g/mol. The predicted octanol–water partition coefficient (Wildman–Crippen LogP) is 0.196. The molecular formula is C11H14N4O4. The molecule has 0 aromatic carbocycles. The van der Waals surface area contributed by atoms with Gasteiger partial charge in [0.25, 0.3) is 0 Å². The Balaban J connectivity index is 2.05. The minimum atomic E-state index is -0.864. The molecule has 0 bridgehead atoms. The minimum Gasteiger partial charge on any atom is -0.480 e. The Morgan fingerprint density at radius 1 is 1.42 bits per heavy atom. The van der Waals surface area contributed by atoms with E-state index in [1.165, 1.54) is 18.3 Å². The maximum Gasteiger partial charge on any atom is 0.317 e. The number of hydrogen-bond acceptors (Lipinski definition) is 6. The Labute approximate surface area is 109 Å². The molecule has 0 amide bonds. The highest BCUT2D eigenvalue weighted by molar-refractivity contribution is 5.69. The lowest BCUT2D eigenvalue weighted by molar-refractivity contribution is -0.384. The third kappa shape index (κ3) is 3.16. The van der Waals surface area contributed by atoms with Crippen molar-refractivity contribution < 1.29 is 14.8 Å². The van der Waals surface area contributed by atoms with Crippen molar-refractivity contribution in [3.05, 3.63) is 28.4 Å². The average molecular weight is 266 g/mol. The first-order valence-electron chi connectivity index (χ1n) is 5.86. The van der Waals surface area contributed by atoms with E-state index < -0.39 is 10.9 Å². The van der Waals surface area contributed by atoms with Crippen molar-refractivity contribution in [2.24, 2.45) is 0 Å². The molecule has 102 valence electrons. The SMILES string of the molecule is O=C(O)CN1CCN(c2ncccc2[N+](=O)[O-])CC1. The quantitative estimate of drug-likeness (QED) is 0.613. The molecule has 2 rings (SSSR count). The molecule has 1 fully saturated rings. The van der Waals surface area contributed by atoms with Gasteiger partial charge in [0.2, 0.25) is 5.82 Å². The van der Waals surface area contributed by atoms with Crippen LogP contribution in [0.3, 0.4) is 0 Å². The largest absolute Gasteiger partial charge is 0.480 e. The second-order valence-corrected chi connectivity index (χ2v) is 4.26. The van der Waals surface area contributed by atoms with Crippen LogP contribution in [0.4, 0.5) is 11.5 Å². The van der Waals surface area contributed by atoms with Crippen LogP contribution in [-0.2, 0) is 4.79 Å². The standard InChI is InChI=1S/C11H14N4O4/c16-10(17)8-13-4-6-14(7-5-13)11-9(15(18)19)2-1-3-12-11/h1-3H,4-8H2,(H,16,17). The number of aliphatic carboxylic acids is 1. The first kappa shape index (κ1) is 13.2. The number of pyridine rings is 1. The van der Waals surface area contributed by atoms with Crippen molar-refractivity contribution in [3.8, 4) is 0 Å². The molecule has 1 saturated heterocycles. The van der Waals surface area contributed by atoms with E-state index in [9.17, 15) is 14.9 Å². The number of rotatable bonds is 4. The summed E-state index contributed by atoms with van der Waals surface area (Å²) in [7, 11) is 0. The third-order valence-electron chi connectivity index (χ3n) is 2.99. The van der Waals surface area contributed by atoms with Gasteiger partial charge in [0.15, 0.2) is 0 Å². The van der Waals surface area contributed by atoms with Gasteiger partial charge in [-0.05, 0) is 6.07 Å². The number of carbonyl (C=O) groups is 1. The van der Waals surface area contributed by atoms with E-state index in [1.807, 2.05) is 4.90 Å². The summed E-state index contributed by atoms with van der Waals surface area (Å²) in [6.07, 6.45) is 1.52. The fourth-order valence-electron chi connectivity index (χ4n) is 2.08. The van der Waals surface area contributed by atoms with Crippen molar-refractivity contribution in [1.29, 1.82) is 0 Å². The lowest BCUT2D eigenvalue weighted by Gasteiger charge is -2.34. The van der Waals surface area contributed by atoms with Crippen LogP contribution in [0.5, 0.6) is 0 Å². The Morgan fingerprint density at radius 2 is 2.11 bits per heavy atom. The molecule has 8 nitrogen and oxygen atoms in total. The number of carboxylic acid groups (broad SMARTS) is 1. The number of anilines is 1. The lowest BCUT2D eigenvalue weighted by Crippen LogP contribution is -2.48. The number of carboxylic acids is 1. The van der Waals surface area contributed by atoms with Crippen LogP contribution in [0, 0.1) is 10.1 Å². The molecule has 0 aliphatic carbocycles. The molecule has 0 atom stereocenters. The molecule has 1 aromatic heterocycles. The van der Waals surface area contributed by atoms with Crippen molar-refractivity contribution in [1.82, 2.24) is 9.88 Å². The van der Waals surface area contributed by atoms with Gasteiger partial charge in [-0.25, -0.2) is 4.98 Å². The smallest absolute Gasteiger partial charge is 0.317 e. The molecule has 1 aromatic rings. The first-order chi connectivity index (χ1) is 9.08. The van der Waals surface area contributed by atoms with Gasteiger partial charge in [-0.2, -0.15) is 0 Å². The van der Waals surface area contributed by atoms with E-state index >= 15 is 0 Å². The van der Waals surface area contributed by atoms with Crippen molar-refractivity contribution in [2.45, 2.75) is 0 Å². The fraction of sp³-hybridized carbons (Fsp3) is 0.455. The number of nitrogens with zero attached hydrogens (tertiary/aromatic N) is 4. The highest BCUT2D eigenvalue weighted by Gasteiger charge is 2.25. The Bertz CT molecular complexity index is 485. The lowest BCUT2D eigenvalue weighted by atomic mass is 10.3. The van der Waals surface area contributed by atoms with E-state index in [0.29, 0.717) is 32.0 Å². The summed E-state index contributed by atoms with van der Waals surface area (Å²) >= 11 is 0. The molecule has 8 heteroatoms. The molecule has 2 heterocycles. The van der Waals surface area contributed by atoms with Gasteiger partial charge in [-0.1, -0.05) is 0 Å². The molecule has 19 heavy (non-hydrogen) atoms. The van der Waals surface area contributed by atoms with Crippen LogP contribution >= 0.6 is 0 Å². The van der Waals surface area contributed by atoms with E-state index in [4.69, 9.17) is 5.11 Å². The molecule has 0 saturated carbocycles. The Morgan fingerprint density at radius 3 is 2.68 bits per heavy atom. The highest BCUT2D eigenvalue weighted by Crippen LogP contribution is 2.25. The molecule has 1 aliphatic rings. The second kappa shape index (κ2) is 5.61. The number of piperazine rings is 1. The van der Waals surface area contributed by atoms with Crippen LogP contribution in [0.1, 0.15) is 0 Å². The summed E-state index contributed by atoms with van der Waals surface area (Å²) in [5, 5.41) is 19.6. The van der Waals surface area contributed by atoms with Gasteiger partial charge in [0.1, 0.15) is 0 Å². The van der Waals surface area contributed by atoms with E-state index in [-0.39, 0.29) is 12.2 Å². The zero-order valence-electron chi connectivity index (χ0n) is 10.2. The van der Waals surface area contributed by atoms with E-state index in [2.05, 4.69) is 4.98 Å². The topological polar surface area (TPSA) is 99.8 Å². The van der Waals surface area contributed by atoms with Crippen LogP contribution < -0.4 is 4.90 Å². The van der Waals surface area contributed by atoms with Crippen molar-refractivity contribution in [2.75, 3.05) is 37.6 Å². The average Bonchev–Trinajstić information content (AvgIpc) is 2.39. The summed E-state index contributed by atoms with van der Waals surface area (Å²) in [6, 6.07) is 2.95. The van der Waals surface area contributed by atoms with Crippen LogP contribution in [0.25, 0.3) is 0 Å². The van der Waals surface area contributed by atoms with E-state index in [0.717, 1.165) is 0 Å². The maximum atomic E-state index is 10.9. The molecule has 0 radical (unpaired) electrons. The zero-order chi connectivity index (χ0) is 13.8. The van der Waals surface area contributed by atoms with Gasteiger partial charge in [-0.3, -0.25) is 19.8 Å². The number of hydrogen-bond donors (Lipinski definition) is 1. The van der Waals surface area contributed by atoms with Crippen molar-refractivity contribution >= 4 is 17.5 Å². The molecule has 0 unspecified atom stereocenters. The van der Waals surface area contributed by atoms with Crippen LogP contribution in [-0.4, -0.2) is 58.6 Å². The molecule has 1 aliphatic heterocycles. The van der Waals surface area contributed by atoms with Gasteiger partial charge < -0.3 is 10.0 Å². The van der Waals surface area contributed by atoms with Crippen molar-refractivity contribution in [3.63, 3.8) is 0 Å². The summed E-state index contributed by atoms with van der Waals surface area (Å²) in [4.78, 5) is 28.8. The van der Waals surface area contributed by atoms with Gasteiger partial charge in [0, 0.05) is 38.4 Å². The normalized spacial score (nSPS) is 16.3. The predicted molar refractivity (Wildman–Crippen MR) is 67.2 cm³/mol. The minimum absolute atomic E-state index is 0.00183. The summed E-state index contributed by atoms with van der Waals surface area (Å²) < 4.78 is 0. The fourth-order valence-corrected chi connectivity index (χ4v) is 2.08. The van der Waals surface area contributed by atoms with Crippen LogP contribution in [0.15, 0.2) is 18.3 Å². The summed E-state index contributed by atoms with van der Waals surface area (Å²) in [5.41, 5.74) is -0.0193. The molecule has 0 spiro atoms. The first-order valence-corrected chi connectivity index (χ1v) is 5.86. The van der Waals surface area contributed by atoms with Gasteiger partial charge in [0.05, 0.1) is 11.5 Å². The Kier molecular flexibility index (Phi) is 3.91. The number of aromatic nitrogens is 1. The van der Waals surface area contributed by atoms with Gasteiger partial charge >= 0.3 is 11.7 Å². The summed E-state index contributed by atoms with van der Waals surface area (Å²) in [5.74, 6) is -0.514. The summed E-state index contributed by atoms with van der Waals surface area (Å²) in [6.45, 7) is 2.18. The van der Waals surface area contributed by atoms with Crippen LogP contribution in [0.2, 0.25) is 0 Å². The Hall–Kier alpha value is -2.22. The number of nitro groups is 1.